The van der Waals surface area contributed by atoms with Crippen LogP contribution in [-0.2, 0) is 65.6 Å². The molecule has 8 bridgehead atoms. The number of benzene rings is 4. The highest BCUT2D eigenvalue weighted by molar-refractivity contribution is 7.64. The molecule has 5 rings (SSSR count). The Morgan fingerprint density at radius 3 is 0.500 bits per heavy atom. The minimum atomic E-state index is -2.81. The van der Waals surface area contributed by atoms with Crippen molar-refractivity contribution in [3.05, 3.63) is 115 Å². The van der Waals surface area contributed by atoms with Crippen LogP contribution in [0.1, 0.15) is 308 Å². The van der Waals surface area contributed by atoms with Crippen LogP contribution in [-0.4, -0.2) is 74.7 Å². The van der Waals surface area contributed by atoms with Crippen molar-refractivity contribution in [3.63, 3.8) is 0 Å². The van der Waals surface area contributed by atoms with Crippen LogP contribution in [0.2, 0.25) is 0 Å². The Kier molecular flexibility index (Phi) is 30.7. The van der Waals surface area contributed by atoms with Gasteiger partial charge in [0, 0.05) is 75.0 Å². The summed E-state index contributed by atoms with van der Waals surface area (Å²) in [6.45, 7) is 44.8. The highest BCUT2D eigenvalue weighted by Gasteiger charge is 2.34. The predicted molar refractivity (Wildman–Crippen MR) is 402 cm³/mol. The second-order valence-electron chi connectivity index (χ2n) is 32.1. The minimum Gasteiger partial charge on any atom is -0.485 e. The van der Waals surface area contributed by atoms with Gasteiger partial charge >= 0.3 is 0 Å². The first-order valence-corrected chi connectivity index (χ1v) is 45.7. The molecule has 0 unspecified atom stereocenters. The molecular formula is C80H132O8P4. The normalized spacial score (nSPS) is 13.8. The van der Waals surface area contributed by atoms with Gasteiger partial charge in [0.2, 0.25) is 0 Å². The van der Waals surface area contributed by atoms with Crippen molar-refractivity contribution in [2.75, 3.05) is 74.7 Å². The molecule has 0 saturated heterocycles. The quantitative estimate of drug-likeness (QED) is 0.0365. The molecule has 0 N–H and O–H groups in total. The highest BCUT2D eigenvalue weighted by Crippen LogP contribution is 2.54. The van der Waals surface area contributed by atoms with Gasteiger partial charge in [0.25, 0.3) is 0 Å². The van der Waals surface area contributed by atoms with E-state index in [-0.39, 0.29) is 47.1 Å². The Balaban J connectivity index is 2.12. The topological polar surface area (TPSA) is 105 Å². The fraction of sp³-hybridized carbons (Fsp3) is 0.700. The smallest absolute Gasteiger partial charge is 0.141 e. The second kappa shape index (κ2) is 35.5. The van der Waals surface area contributed by atoms with E-state index in [9.17, 15) is 0 Å². The summed E-state index contributed by atoms with van der Waals surface area (Å²) in [7, 11) is -11.2. The van der Waals surface area contributed by atoms with Crippen molar-refractivity contribution in [3.8, 4) is 23.0 Å². The number of ether oxygens (including phenoxy) is 4. The Morgan fingerprint density at radius 1 is 0.261 bits per heavy atom. The largest absolute Gasteiger partial charge is 0.485 e. The summed E-state index contributed by atoms with van der Waals surface area (Å²) in [6.07, 6.45) is 22.1. The lowest BCUT2D eigenvalue weighted by Crippen LogP contribution is -2.18. The summed E-state index contributed by atoms with van der Waals surface area (Å²) < 4.78 is 91.9. The molecule has 0 amide bonds. The zero-order chi connectivity index (χ0) is 68.4. The third-order valence-corrected chi connectivity index (χ3v) is 30.5. The van der Waals surface area contributed by atoms with Gasteiger partial charge < -0.3 is 37.2 Å². The van der Waals surface area contributed by atoms with E-state index in [1.807, 2.05) is 0 Å². The molecular weight excluding hydrogens is 1210 g/mol. The van der Waals surface area contributed by atoms with Crippen molar-refractivity contribution >= 4 is 28.6 Å². The molecule has 12 heteroatoms. The molecule has 8 nitrogen and oxygen atoms in total. The van der Waals surface area contributed by atoms with Gasteiger partial charge in [-0.25, -0.2) is 0 Å². The lowest BCUT2D eigenvalue weighted by Gasteiger charge is -2.30. The maximum Gasteiger partial charge on any atom is 0.141 e. The van der Waals surface area contributed by atoms with E-state index in [1.165, 1.54) is 0 Å². The number of hydrogen-bond donors (Lipinski definition) is 0. The van der Waals surface area contributed by atoms with Gasteiger partial charge in [-0.15, -0.1) is 0 Å². The predicted octanol–water partition coefficient (Wildman–Crippen LogP) is 24.8. The molecule has 1 aliphatic rings. The lowest BCUT2D eigenvalue weighted by atomic mass is 9.79. The highest BCUT2D eigenvalue weighted by atomic mass is 31.2. The first-order chi connectivity index (χ1) is 43.2. The number of hydrogen-bond acceptors (Lipinski definition) is 8. The van der Waals surface area contributed by atoms with E-state index in [0.29, 0.717) is 75.0 Å². The summed E-state index contributed by atoms with van der Waals surface area (Å²) in [6, 6.07) is 18.8. The molecule has 4 aromatic carbocycles. The minimum absolute atomic E-state index is 0.141. The summed E-state index contributed by atoms with van der Waals surface area (Å²) in [5, 5.41) is 0. The SMILES string of the molecule is CCCCP(=O)(CCCC)COc1c2cc(C(C)(C)C)cc1Cc1cc(C(C)(C)C)cc(c1OCP(=O)(CCCC)CCCC)Cc1cc(C(C)(C)C)cc(c1OCP(=O)(CCCC)CCCC)Cc1cc(C(C)(C)C)cc(c1OCP(=O)(CCCC)CCCC)C2. The maximum atomic E-state index is 15.5. The third-order valence-electron chi connectivity index (χ3n) is 19.1. The molecule has 0 aliphatic heterocycles. The van der Waals surface area contributed by atoms with Crippen LogP contribution in [0.5, 0.6) is 23.0 Å². The van der Waals surface area contributed by atoms with Crippen LogP contribution in [0.4, 0.5) is 0 Å². The van der Waals surface area contributed by atoms with Crippen LogP contribution in [0.3, 0.4) is 0 Å². The van der Waals surface area contributed by atoms with Gasteiger partial charge in [0.05, 0.1) is 0 Å². The molecule has 0 saturated carbocycles. The van der Waals surface area contributed by atoms with Gasteiger partial charge in [-0.3, -0.25) is 0 Å². The lowest BCUT2D eigenvalue weighted by molar-refractivity contribution is 0.358. The van der Waals surface area contributed by atoms with Crippen LogP contribution < -0.4 is 18.9 Å². The summed E-state index contributed by atoms with van der Waals surface area (Å²) in [5.41, 5.74) is 11.5. The molecule has 0 fully saturated rings. The van der Waals surface area contributed by atoms with Gasteiger partial charge in [-0.1, -0.05) is 238 Å². The summed E-state index contributed by atoms with van der Waals surface area (Å²) >= 11 is 0. The van der Waals surface area contributed by atoms with E-state index in [4.69, 9.17) is 18.9 Å². The summed E-state index contributed by atoms with van der Waals surface area (Å²) in [4.78, 5) is 0. The van der Waals surface area contributed by atoms with E-state index < -0.39 is 28.6 Å². The second-order valence-corrected chi connectivity index (χ2v) is 45.2. The monoisotopic (exact) mass is 1340 g/mol. The Morgan fingerprint density at radius 2 is 0.391 bits per heavy atom. The van der Waals surface area contributed by atoms with Gasteiger partial charge in [0.1, 0.15) is 77.0 Å². The average Bonchev–Trinajstić information content (AvgIpc) is 0.770. The van der Waals surface area contributed by atoms with Crippen LogP contribution in [0.25, 0.3) is 0 Å². The molecule has 0 heterocycles. The molecule has 4 aromatic rings. The van der Waals surface area contributed by atoms with E-state index in [0.717, 1.165) is 192 Å². The van der Waals surface area contributed by atoms with E-state index in [2.05, 4.69) is 187 Å². The Labute approximate surface area is 564 Å². The Hall–Kier alpha value is -3.00. The Bertz CT molecular complexity index is 2620. The average molecular weight is 1350 g/mol. The van der Waals surface area contributed by atoms with E-state index in [1.54, 1.807) is 0 Å². The van der Waals surface area contributed by atoms with Gasteiger partial charge in [0.15, 0.2) is 0 Å². The van der Waals surface area contributed by atoms with E-state index >= 15 is 18.3 Å². The molecule has 92 heavy (non-hydrogen) atoms. The zero-order valence-electron chi connectivity index (χ0n) is 62.3. The first-order valence-electron chi connectivity index (χ1n) is 36.6. The number of unbranched alkanes of at least 4 members (excludes halogenated alkanes) is 8. The molecule has 0 spiro atoms. The maximum absolute atomic E-state index is 15.5. The van der Waals surface area contributed by atoms with Crippen molar-refractivity contribution in [2.24, 2.45) is 0 Å². The van der Waals surface area contributed by atoms with Crippen molar-refractivity contribution in [1.82, 2.24) is 0 Å². The molecule has 0 radical (unpaired) electrons. The number of fused-ring (bicyclic) bond motifs is 8. The standard InChI is InChI=1S/C80H132O8P4/c1-21-29-37-89(81,38-30-22-2)57-85-73-61-45-63-51-70(78(12,13)14)53-65(74(63)86-58-90(82,39-31-23-3)40-32-24-4)47-67-55-72(80(18,19)20)56-68(76(67)88-60-92(84,43-35-27-7)44-36-28-8)48-66-54-71(79(15,16)17)52-64(46-62(73)50-69(49-61)77(9,10)11)75(66)87-59-91(83,41-33-25-5)42-34-26-6/h49-56H,21-48,57-60H2,1-20H3. The summed E-state index contributed by atoms with van der Waals surface area (Å²) in [5.74, 6) is 3.00. The zero-order valence-corrected chi connectivity index (χ0v) is 65.9. The van der Waals surface area contributed by atoms with Crippen molar-refractivity contribution < 1.29 is 37.2 Å². The molecule has 0 atom stereocenters. The number of rotatable bonds is 36. The molecule has 520 valence electrons. The van der Waals surface area contributed by atoms with Crippen LogP contribution in [0.15, 0.2) is 48.5 Å². The van der Waals surface area contributed by atoms with Crippen LogP contribution >= 0.6 is 28.6 Å². The molecule has 1 aliphatic carbocycles. The van der Waals surface area contributed by atoms with Crippen LogP contribution in [0, 0.1) is 0 Å². The van der Waals surface area contributed by atoms with Crippen molar-refractivity contribution in [1.29, 1.82) is 0 Å². The fourth-order valence-electron chi connectivity index (χ4n) is 12.6. The van der Waals surface area contributed by atoms with Gasteiger partial charge in [-0.05, 0) is 140 Å². The third kappa shape index (κ3) is 23.6. The first kappa shape index (κ1) is 79.7. The molecule has 0 aromatic heterocycles. The van der Waals surface area contributed by atoms with Gasteiger partial charge in [-0.2, -0.15) is 0 Å². The van der Waals surface area contributed by atoms with Crippen molar-refractivity contribution in [2.45, 2.75) is 289 Å². The fourth-order valence-corrected chi connectivity index (χ4v) is 23.2.